The minimum Gasteiger partial charge on any atom is -0.341 e. The Hall–Kier alpha value is -0.570. The molecule has 0 radical (unpaired) electrons. The summed E-state index contributed by atoms with van der Waals surface area (Å²) in [6, 6.07) is -0.329. The second-order valence-corrected chi connectivity index (χ2v) is 5.30. The lowest BCUT2D eigenvalue weighted by molar-refractivity contribution is -0.133. The molecule has 0 aromatic rings. The molecule has 0 aliphatic heterocycles. The Balaban J connectivity index is 4.38. The summed E-state index contributed by atoms with van der Waals surface area (Å²) in [5.74, 6) is 1.19. The first-order valence-corrected chi connectivity index (χ1v) is 7.00. The molecule has 0 saturated heterocycles. The van der Waals surface area contributed by atoms with Crippen LogP contribution in [0, 0.1) is 11.8 Å². The number of hydrogen-bond acceptors (Lipinski definition) is 2. The van der Waals surface area contributed by atoms with Crippen molar-refractivity contribution in [1.82, 2.24) is 4.90 Å². The Morgan fingerprint density at radius 3 is 2.06 bits per heavy atom. The van der Waals surface area contributed by atoms with Crippen molar-refractivity contribution in [1.29, 1.82) is 0 Å². The molecule has 0 fully saturated rings. The maximum absolute atomic E-state index is 12.2. The second kappa shape index (κ2) is 8.51. The third-order valence-corrected chi connectivity index (χ3v) is 3.37. The van der Waals surface area contributed by atoms with E-state index in [-0.39, 0.29) is 11.9 Å². The van der Waals surface area contributed by atoms with E-state index in [0.29, 0.717) is 11.8 Å². The monoisotopic (exact) mass is 242 g/mol. The molecule has 0 aromatic heterocycles. The van der Waals surface area contributed by atoms with Crippen LogP contribution in [0.5, 0.6) is 0 Å². The van der Waals surface area contributed by atoms with Crippen molar-refractivity contribution in [2.75, 3.05) is 13.1 Å². The molecule has 0 spiro atoms. The van der Waals surface area contributed by atoms with E-state index in [1.165, 1.54) is 0 Å². The minimum atomic E-state index is -0.329. The summed E-state index contributed by atoms with van der Waals surface area (Å²) >= 11 is 0. The first-order chi connectivity index (χ1) is 7.96. The van der Waals surface area contributed by atoms with Gasteiger partial charge in [-0.05, 0) is 25.2 Å². The van der Waals surface area contributed by atoms with E-state index in [0.717, 1.165) is 32.4 Å². The fourth-order valence-corrected chi connectivity index (χ4v) is 2.08. The molecule has 0 bridgehead atoms. The van der Waals surface area contributed by atoms with Crippen molar-refractivity contribution in [3.8, 4) is 0 Å². The smallest absolute Gasteiger partial charge is 0.239 e. The molecule has 3 heteroatoms. The highest BCUT2D eigenvalue weighted by Crippen LogP contribution is 2.12. The van der Waals surface area contributed by atoms with E-state index >= 15 is 0 Å². The molecule has 0 aromatic carbocycles. The molecule has 0 saturated carbocycles. The number of carbonyl (C=O) groups excluding carboxylic acids is 1. The van der Waals surface area contributed by atoms with Crippen molar-refractivity contribution in [3.05, 3.63) is 0 Å². The van der Waals surface area contributed by atoms with Crippen molar-refractivity contribution in [2.45, 2.75) is 59.9 Å². The number of amides is 1. The van der Waals surface area contributed by atoms with Gasteiger partial charge >= 0.3 is 0 Å². The molecule has 0 heterocycles. The summed E-state index contributed by atoms with van der Waals surface area (Å²) < 4.78 is 0. The number of hydrogen-bond donors (Lipinski definition) is 1. The molecule has 0 aliphatic carbocycles. The highest BCUT2D eigenvalue weighted by Gasteiger charge is 2.22. The van der Waals surface area contributed by atoms with Crippen molar-refractivity contribution < 1.29 is 4.79 Å². The van der Waals surface area contributed by atoms with Crippen LogP contribution in [0.1, 0.15) is 53.9 Å². The number of nitrogens with zero attached hydrogens (tertiary/aromatic N) is 1. The van der Waals surface area contributed by atoms with E-state index < -0.39 is 0 Å². The van der Waals surface area contributed by atoms with Gasteiger partial charge in [-0.1, -0.05) is 40.5 Å². The van der Waals surface area contributed by atoms with Gasteiger partial charge in [0, 0.05) is 13.1 Å². The first-order valence-electron chi connectivity index (χ1n) is 7.00. The van der Waals surface area contributed by atoms with Crippen LogP contribution >= 0.6 is 0 Å². The largest absolute Gasteiger partial charge is 0.341 e. The SMILES string of the molecule is CCC(CC)CN(CC)C(=O)C(N)CC(C)C. The van der Waals surface area contributed by atoms with Crippen molar-refractivity contribution in [3.63, 3.8) is 0 Å². The number of rotatable bonds is 8. The Labute approximate surface area is 107 Å². The van der Waals surface area contributed by atoms with Gasteiger partial charge in [-0.25, -0.2) is 0 Å². The van der Waals surface area contributed by atoms with Crippen molar-refractivity contribution >= 4 is 5.91 Å². The summed E-state index contributed by atoms with van der Waals surface area (Å²) in [5.41, 5.74) is 5.96. The molecular formula is C14H30N2O. The average molecular weight is 242 g/mol. The van der Waals surface area contributed by atoms with Crippen molar-refractivity contribution in [2.24, 2.45) is 17.6 Å². The molecule has 0 rings (SSSR count). The van der Waals surface area contributed by atoms with Gasteiger partial charge in [0.25, 0.3) is 0 Å². The zero-order valence-corrected chi connectivity index (χ0v) is 12.2. The Morgan fingerprint density at radius 1 is 1.18 bits per heavy atom. The van der Waals surface area contributed by atoms with E-state index in [2.05, 4.69) is 27.7 Å². The normalized spacial score (nSPS) is 13.2. The van der Waals surface area contributed by atoms with Gasteiger partial charge in [-0.2, -0.15) is 0 Å². The number of carbonyl (C=O) groups is 1. The van der Waals surface area contributed by atoms with Crippen LogP contribution in [0.3, 0.4) is 0 Å². The summed E-state index contributed by atoms with van der Waals surface area (Å²) in [4.78, 5) is 14.1. The van der Waals surface area contributed by atoms with Crippen LogP contribution in [0.25, 0.3) is 0 Å². The standard InChI is InChI=1S/C14H30N2O/c1-6-12(7-2)10-16(8-3)14(17)13(15)9-11(4)5/h11-13H,6-10,15H2,1-5H3. The number of nitrogens with two attached hydrogens (primary N) is 1. The van der Waals surface area contributed by atoms with Gasteiger partial charge in [0.05, 0.1) is 6.04 Å². The molecule has 3 nitrogen and oxygen atoms in total. The van der Waals surface area contributed by atoms with Crippen LogP contribution in [-0.4, -0.2) is 29.9 Å². The molecule has 102 valence electrons. The second-order valence-electron chi connectivity index (χ2n) is 5.30. The van der Waals surface area contributed by atoms with Gasteiger partial charge < -0.3 is 10.6 Å². The van der Waals surface area contributed by atoms with E-state index in [1.807, 2.05) is 11.8 Å². The molecule has 2 N–H and O–H groups in total. The Morgan fingerprint density at radius 2 is 1.71 bits per heavy atom. The maximum Gasteiger partial charge on any atom is 0.239 e. The Kier molecular flexibility index (Phi) is 8.23. The van der Waals surface area contributed by atoms with Crippen LogP contribution in [0.2, 0.25) is 0 Å². The van der Waals surface area contributed by atoms with E-state index in [9.17, 15) is 4.79 Å². The third kappa shape index (κ3) is 6.06. The fraction of sp³-hybridized carbons (Fsp3) is 0.929. The molecule has 1 unspecified atom stereocenters. The van der Waals surface area contributed by atoms with Gasteiger partial charge in [-0.3, -0.25) is 4.79 Å². The lowest BCUT2D eigenvalue weighted by Gasteiger charge is -2.28. The summed E-state index contributed by atoms with van der Waals surface area (Å²) in [7, 11) is 0. The quantitative estimate of drug-likeness (QED) is 0.711. The highest BCUT2D eigenvalue weighted by atomic mass is 16.2. The molecule has 1 atom stereocenters. The summed E-state index contributed by atoms with van der Waals surface area (Å²) in [5, 5.41) is 0. The zero-order valence-electron chi connectivity index (χ0n) is 12.2. The average Bonchev–Trinajstić information content (AvgIpc) is 2.29. The first kappa shape index (κ1) is 16.4. The Bertz CT molecular complexity index is 212. The predicted octanol–water partition coefficient (Wildman–Crippen LogP) is 2.64. The van der Waals surface area contributed by atoms with Gasteiger partial charge in [0.15, 0.2) is 0 Å². The lowest BCUT2D eigenvalue weighted by Crippen LogP contribution is -2.46. The predicted molar refractivity (Wildman–Crippen MR) is 73.8 cm³/mol. The molecule has 1 amide bonds. The third-order valence-electron chi connectivity index (χ3n) is 3.37. The zero-order chi connectivity index (χ0) is 13.4. The van der Waals surface area contributed by atoms with Gasteiger partial charge in [0.2, 0.25) is 5.91 Å². The van der Waals surface area contributed by atoms with E-state index in [1.54, 1.807) is 0 Å². The number of likely N-dealkylation sites (N-methyl/N-ethyl adjacent to an activating group) is 1. The van der Waals surface area contributed by atoms with E-state index in [4.69, 9.17) is 5.73 Å². The van der Waals surface area contributed by atoms with Gasteiger partial charge in [0.1, 0.15) is 0 Å². The molecule has 17 heavy (non-hydrogen) atoms. The lowest BCUT2D eigenvalue weighted by atomic mass is 10.0. The minimum absolute atomic E-state index is 0.119. The maximum atomic E-state index is 12.2. The topological polar surface area (TPSA) is 46.3 Å². The molecule has 0 aliphatic rings. The summed E-state index contributed by atoms with van der Waals surface area (Å²) in [6.45, 7) is 12.2. The fourth-order valence-electron chi connectivity index (χ4n) is 2.08. The van der Waals surface area contributed by atoms with Gasteiger partial charge in [-0.15, -0.1) is 0 Å². The van der Waals surface area contributed by atoms with Crippen LogP contribution in [0.15, 0.2) is 0 Å². The molecular weight excluding hydrogens is 212 g/mol. The highest BCUT2D eigenvalue weighted by molar-refractivity contribution is 5.81. The van der Waals surface area contributed by atoms with Crippen LogP contribution < -0.4 is 5.73 Å². The van der Waals surface area contributed by atoms with Crippen LogP contribution in [-0.2, 0) is 4.79 Å². The summed E-state index contributed by atoms with van der Waals surface area (Å²) in [6.07, 6.45) is 3.03. The van der Waals surface area contributed by atoms with Crippen LogP contribution in [0.4, 0.5) is 0 Å².